The standard InChI is InChI=1S/C18H20O/c1-3-14-9-5-6-11-16(14)13-18(19)17-12-8-7-10-15(17)4-2/h3,5-12,18-19H,1,4,13H2,2H3. The van der Waals surface area contributed by atoms with Crippen LogP contribution in [0, 0.1) is 0 Å². The highest BCUT2D eigenvalue weighted by Gasteiger charge is 2.13. The van der Waals surface area contributed by atoms with Crippen LogP contribution in [0.4, 0.5) is 0 Å². The summed E-state index contributed by atoms with van der Waals surface area (Å²) < 4.78 is 0. The molecule has 0 bridgehead atoms. The van der Waals surface area contributed by atoms with Gasteiger partial charge in [-0.3, -0.25) is 0 Å². The van der Waals surface area contributed by atoms with Crippen LogP contribution in [0.2, 0.25) is 0 Å². The Morgan fingerprint density at radius 1 is 1.05 bits per heavy atom. The Labute approximate surface area is 115 Å². The molecule has 0 radical (unpaired) electrons. The van der Waals surface area contributed by atoms with Gasteiger partial charge in [-0.1, -0.05) is 68.1 Å². The van der Waals surface area contributed by atoms with Gasteiger partial charge in [-0.15, -0.1) is 0 Å². The average Bonchev–Trinajstić information content (AvgIpc) is 2.47. The summed E-state index contributed by atoms with van der Waals surface area (Å²) in [6.45, 7) is 5.94. The second-order valence-corrected chi connectivity index (χ2v) is 4.68. The van der Waals surface area contributed by atoms with Gasteiger partial charge in [0.2, 0.25) is 0 Å². The molecule has 0 heterocycles. The molecule has 1 nitrogen and oxygen atoms in total. The van der Waals surface area contributed by atoms with Crippen molar-refractivity contribution in [1.29, 1.82) is 0 Å². The van der Waals surface area contributed by atoms with Gasteiger partial charge in [0, 0.05) is 6.42 Å². The van der Waals surface area contributed by atoms with Crippen LogP contribution in [-0.4, -0.2) is 5.11 Å². The van der Waals surface area contributed by atoms with Crippen LogP contribution in [0.15, 0.2) is 55.1 Å². The topological polar surface area (TPSA) is 20.2 Å². The van der Waals surface area contributed by atoms with Crippen LogP contribution in [-0.2, 0) is 12.8 Å². The van der Waals surface area contributed by atoms with E-state index in [4.69, 9.17) is 0 Å². The molecule has 19 heavy (non-hydrogen) atoms. The van der Waals surface area contributed by atoms with E-state index in [1.807, 2.05) is 42.5 Å². The summed E-state index contributed by atoms with van der Waals surface area (Å²) in [5, 5.41) is 10.5. The molecule has 0 aliphatic carbocycles. The van der Waals surface area contributed by atoms with Gasteiger partial charge in [0.1, 0.15) is 0 Å². The minimum Gasteiger partial charge on any atom is -0.388 e. The van der Waals surface area contributed by atoms with Gasteiger partial charge in [0.05, 0.1) is 6.10 Å². The molecule has 0 fully saturated rings. The van der Waals surface area contributed by atoms with Gasteiger partial charge in [-0.25, -0.2) is 0 Å². The molecule has 98 valence electrons. The first-order valence-electron chi connectivity index (χ1n) is 6.72. The van der Waals surface area contributed by atoms with E-state index in [-0.39, 0.29) is 0 Å². The summed E-state index contributed by atoms with van der Waals surface area (Å²) in [6.07, 6.45) is 2.95. The highest BCUT2D eigenvalue weighted by Crippen LogP contribution is 2.24. The van der Waals surface area contributed by atoms with Crippen molar-refractivity contribution in [2.24, 2.45) is 0 Å². The van der Waals surface area contributed by atoms with E-state index in [1.165, 1.54) is 5.56 Å². The van der Waals surface area contributed by atoms with Crippen molar-refractivity contribution in [2.45, 2.75) is 25.9 Å². The van der Waals surface area contributed by atoms with Gasteiger partial charge < -0.3 is 5.11 Å². The van der Waals surface area contributed by atoms with Crippen LogP contribution in [0.1, 0.15) is 35.3 Å². The van der Waals surface area contributed by atoms with Gasteiger partial charge in [0.25, 0.3) is 0 Å². The molecular formula is C18H20O. The molecule has 1 heteroatoms. The van der Waals surface area contributed by atoms with Crippen molar-refractivity contribution in [3.63, 3.8) is 0 Å². The smallest absolute Gasteiger partial charge is 0.0833 e. The lowest BCUT2D eigenvalue weighted by molar-refractivity contribution is 0.177. The second-order valence-electron chi connectivity index (χ2n) is 4.68. The highest BCUT2D eigenvalue weighted by atomic mass is 16.3. The number of rotatable bonds is 5. The fraction of sp³-hybridized carbons (Fsp3) is 0.222. The third-order valence-corrected chi connectivity index (χ3v) is 3.48. The zero-order valence-corrected chi connectivity index (χ0v) is 11.3. The maximum absolute atomic E-state index is 10.5. The summed E-state index contributed by atoms with van der Waals surface area (Å²) in [5.74, 6) is 0. The molecule has 0 spiro atoms. The largest absolute Gasteiger partial charge is 0.388 e. The van der Waals surface area contributed by atoms with E-state index in [2.05, 4.69) is 25.6 Å². The first-order valence-corrected chi connectivity index (χ1v) is 6.72. The molecule has 0 aliphatic heterocycles. The Kier molecular flexibility index (Phi) is 4.53. The monoisotopic (exact) mass is 252 g/mol. The molecule has 2 rings (SSSR count). The van der Waals surface area contributed by atoms with Crippen LogP contribution in [0.25, 0.3) is 6.08 Å². The van der Waals surface area contributed by atoms with Gasteiger partial charge in [0.15, 0.2) is 0 Å². The van der Waals surface area contributed by atoms with E-state index in [0.29, 0.717) is 6.42 Å². The third kappa shape index (κ3) is 3.12. The number of aliphatic hydroxyl groups excluding tert-OH is 1. The predicted octanol–water partition coefficient (Wildman–Crippen LogP) is 4.17. The molecule has 1 atom stereocenters. The normalized spacial score (nSPS) is 12.1. The Morgan fingerprint density at radius 2 is 1.68 bits per heavy atom. The number of hydrogen-bond acceptors (Lipinski definition) is 1. The maximum Gasteiger partial charge on any atom is 0.0833 e. The zero-order valence-electron chi connectivity index (χ0n) is 11.3. The maximum atomic E-state index is 10.5. The SMILES string of the molecule is C=Cc1ccccc1CC(O)c1ccccc1CC. The van der Waals surface area contributed by atoms with Crippen molar-refractivity contribution in [3.8, 4) is 0 Å². The first-order chi connectivity index (χ1) is 9.26. The summed E-state index contributed by atoms with van der Waals surface area (Å²) >= 11 is 0. The van der Waals surface area contributed by atoms with E-state index in [0.717, 1.165) is 23.1 Å². The fourth-order valence-corrected chi connectivity index (χ4v) is 2.42. The lowest BCUT2D eigenvalue weighted by atomic mass is 9.94. The Morgan fingerprint density at radius 3 is 2.37 bits per heavy atom. The van der Waals surface area contributed by atoms with E-state index in [9.17, 15) is 5.11 Å². The lowest BCUT2D eigenvalue weighted by Gasteiger charge is -2.16. The second kappa shape index (κ2) is 6.35. The van der Waals surface area contributed by atoms with Crippen LogP contribution in [0.5, 0.6) is 0 Å². The van der Waals surface area contributed by atoms with Crippen LogP contribution < -0.4 is 0 Å². The van der Waals surface area contributed by atoms with Gasteiger partial charge >= 0.3 is 0 Å². The Hall–Kier alpha value is -1.86. The van der Waals surface area contributed by atoms with Gasteiger partial charge in [-0.05, 0) is 28.7 Å². The van der Waals surface area contributed by atoms with E-state index >= 15 is 0 Å². The zero-order chi connectivity index (χ0) is 13.7. The van der Waals surface area contributed by atoms with Crippen molar-refractivity contribution in [1.82, 2.24) is 0 Å². The highest BCUT2D eigenvalue weighted by molar-refractivity contribution is 5.52. The van der Waals surface area contributed by atoms with E-state index < -0.39 is 6.10 Å². The van der Waals surface area contributed by atoms with E-state index in [1.54, 1.807) is 0 Å². The summed E-state index contributed by atoms with van der Waals surface area (Å²) in [7, 11) is 0. The number of aryl methyl sites for hydroxylation is 1. The number of benzene rings is 2. The molecule has 0 aromatic heterocycles. The third-order valence-electron chi connectivity index (χ3n) is 3.48. The quantitative estimate of drug-likeness (QED) is 0.846. The molecule has 0 aliphatic rings. The minimum atomic E-state index is -0.461. The molecular weight excluding hydrogens is 232 g/mol. The molecule has 1 N–H and O–H groups in total. The molecule has 0 amide bonds. The minimum absolute atomic E-state index is 0.461. The Bertz CT molecular complexity index is 557. The summed E-state index contributed by atoms with van der Waals surface area (Å²) in [4.78, 5) is 0. The molecule has 0 saturated heterocycles. The average molecular weight is 252 g/mol. The fourth-order valence-electron chi connectivity index (χ4n) is 2.42. The van der Waals surface area contributed by atoms with Crippen molar-refractivity contribution in [2.75, 3.05) is 0 Å². The first kappa shape index (κ1) is 13.6. The summed E-state index contributed by atoms with van der Waals surface area (Å²) in [6, 6.07) is 16.2. The number of hydrogen-bond donors (Lipinski definition) is 1. The van der Waals surface area contributed by atoms with Crippen molar-refractivity contribution >= 4 is 6.08 Å². The molecule has 0 saturated carbocycles. The van der Waals surface area contributed by atoms with Crippen molar-refractivity contribution in [3.05, 3.63) is 77.4 Å². The lowest BCUT2D eigenvalue weighted by Crippen LogP contribution is -2.06. The van der Waals surface area contributed by atoms with Gasteiger partial charge in [-0.2, -0.15) is 0 Å². The number of aliphatic hydroxyl groups is 1. The van der Waals surface area contributed by atoms with Crippen LogP contribution >= 0.6 is 0 Å². The summed E-state index contributed by atoms with van der Waals surface area (Å²) in [5.41, 5.74) is 4.47. The van der Waals surface area contributed by atoms with Crippen molar-refractivity contribution < 1.29 is 5.11 Å². The molecule has 2 aromatic carbocycles. The Balaban J connectivity index is 2.25. The predicted molar refractivity (Wildman–Crippen MR) is 81.0 cm³/mol. The van der Waals surface area contributed by atoms with Crippen LogP contribution in [0.3, 0.4) is 0 Å². The molecule has 1 unspecified atom stereocenters. The molecule has 2 aromatic rings.